The summed E-state index contributed by atoms with van der Waals surface area (Å²) in [5.74, 6) is 0.758. The van der Waals surface area contributed by atoms with Crippen LogP contribution in [0, 0.1) is 5.92 Å². The molecular formula is C16H27N3. The second kappa shape index (κ2) is 7.01. The molecule has 2 heterocycles. The third-order valence-electron chi connectivity index (χ3n) is 4.47. The number of nitrogens with one attached hydrogen (secondary N) is 1. The number of aromatic nitrogens is 1. The molecule has 1 saturated heterocycles. The molecule has 0 aliphatic carbocycles. The Balaban J connectivity index is 1.87. The summed E-state index contributed by atoms with van der Waals surface area (Å²) >= 11 is 0. The molecular weight excluding hydrogens is 234 g/mol. The lowest BCUT2D eigenvalue weighted by atomic mass is 9.95. The van der Waals surface area contributed by atoms with E-state index in [0.717, 1.165) is 25.4 Å². The summed E-state index contributed by atoms with van der Waals surface area (Å²) in [4.78, 5) is 6.82. The molecule has 1 fully saturated rings. The van der Waals surface area contributed by atoms with Crippen LogP contribution in [0.25, 0.3) is 0 Å². The average molecular weight is 261 g/mol. The monoisotopic (exact) mass is 261 g/mol. The molecule has 3 heteroatoms. The van der Waals surface area contributed by atoms with E-state index in [9.17, 15) is 0 Å². The van der Waals surface area contributed by atoms with Crippen LogP contribution in [-0.4, -0.2) is 41.6 Å². The summed E-state index contributed by atoms with van der Waals surface area (Å²) in [5, 5.41) is 3.69. The summed E-state index contributed by atoms with van der Waals surface area (Å²) in [6.45, 7) is 10.4. The molecule has 0 aromatic carbocycles. The molecule has 0 spiro atoms. The summed E-state index contributed by atoms with van der Waals surface area (Å²) in [6.07, 6.45) is 6.18. The zero-order valence-electron chi connectivity index (χ0n) is 12.5. The lowest BCUT2D eigenvalue weighted by molar-refractivity contribution is 0.120. The van der Waals surface area contributed by atoms with Crippen LogP contribution >= 0.6 is 0 Å². The van der Waals surface area contributed by atoms with E-state index in [1.165, 1.54) is 18.5 Å². The van der Waals surface area contributed by atoms with Gasteiger partial charge in [0.05, 0.1) is 0 Å². The van der Waals surface area contributed by atoms with Crippen molar-refractivity contribution >= 4 is 0 Å². The highest BCUT2D eigenvalue weighted by Gasteiger charge is 2.27. The van der Waals surface area contributed by atoms with Gasteiger partial charge in [0, 0.05) is 44.1 Å². The summed E-state index contributed by atoms with van der Waals surface area (Å²) in [5.41, 5.74) is 1.34. The van der Waals surface area contributed by atoms with Crippen molar-refractivity contribution in [1.82, 2.24) is 15.2 Å². The summed E-state index contributed by atoms with van der Waals surface area (Å²) < 4.78 is 0. The van der Waals surface area contributed by atoms with Crippen molar-refractivity contribution in [2.75, 3.05) is 19.6 Å². The predicted molar refractivity (Wildman–Crippen MR) is 80.2 cm³/mol. The number of hydrogen-bond donors (Lipinski definition) is 1. The topological polar surface area (TPSA) is 28.2 Å². The maximum atomic E-state index is 4.19. The van der Waals surface area contributed by atoms with Crippen LogP contribution in [0.15, 0.2) is 24.5 Å². The van der Waals surface area contributed by atoms with Crippen LogP contribution in [0.1, 0.15) is 32.8 Å². The van der Waals surface area contributed by atoms with Crippen LogP contribution in [0.5, 0.6) is 0 Å². The van der Waals surface area contributed by atoms with E-state index in [1.54, 1.807) is 0 Å². The molecule has 3 nitrogen and oxygen atoms in total. The lowest BCUT2D eigenvalue weighted by Crippen LogP contribution is -2.57. The molecule has 19 heavy (non-hydrogen) atoms. The third kappa shape index (κ3) is 4.02. The first-order chi connectivity index (χ1) is 9.20. The van der Waals surface area contributed by atoms with Crippen molar-refractivity contribution in [3.63, 3.8) is 0 Å². The van der Waals surface area contributed by atoms with Crippen molar-refractivity contribution < 1.29 is 0 Å². The Kier molecular flexibility index (Phi) is 5.34. The van der Waals surface area contributed by atoms with Crippen molar-refractivity contribution in [3.05, 3.63) is 30.1 Å². The highest BCUT2D eigenvalue weighted by Crippen LogP contribution is 2.15. The van der Waals surface area contributed by atoms with Crippen LogP contribution < -0.4 is 5.32 Å². The Morgan fingerprint density at radius 3 is 3.05 bits per heavy atom. The Morgan fingerprint density at radius 2 is 2.37 bits per heavy atom. The highest BCUT2D eigenvalue weighted by molar-refractivity contribution is 5.09. The minimum Gasteiger partial charge on any atom is -0.311 e. The quantitative estimate of drug-likeness (QED) is 0.882. The zero-order chi connectivity index (χ0) is 13.7. The fourth-order valence-electron chi connectivity index (χ4n) is 2.74. The number of pyridine rings is 1. The third-order valence-corrected chi connectivity index (χ3v) is 4.47. The zero-order valence-corrected chi connectivity index (χ0v) is 12.5. The molecule has 1 N–H and O–H groups in total. The van der Waals surface area contributed by atoms with E-state index in [4.69, 9.17) is 0 Å². The molecule has 0 amide bonds. The number of nitrogens with zero attached hydrogens (tertiary/aromatic N) is 2. The fourth-order valence-corrected chi connectivity index (χ4v) is 2.74. The summed E-state index contributed by atoms with van der Waals surface area (Å²) in [7, 11) is 0. The molecule has 1 aromatic rings. The number of piperazine rings is 1. The molecule has 1 aliphatic rings. The van der Waals surface area contributed by atoms with Crippen LogP contribution in [0.2, 0.25) is 0 Å². The van der Waals surface area contributed by atoms with E-state index in [2.05, 4.69) is 42.0 Å². The maximum absolute atomic E-state index is 4.19. The smallest absolute Gasteiger partial charge is 0.0300 e. The summed E-state index contributed by atoms with van der Waals surface area (Å²) in [6, 6.07) is 5.48. The normalized spacial score (nSPS) is 26.3. The van der Waals surface area contributed by atoms with Crippen LogP contribution in [0.3, 0.4) is 0 Å². The Labute approximate surface area is 117 Å². The van der Waals surface area contributed by atoms with Gasteiger partial charge in [-0.2, -0.15) is 0 Å². The molecule has 0 saturated carbocycles. The van der Waals surface area contributed by atoms with Gasteiger partial charge in [0.25, 0.3) is 0 Å². The largest absolute Gasteiger partial charge is 0.311 e. The molecule has 2 rings (SSSR count). The van der Waals surface area contributed by atoms with Crippen molar-refractivity contribution in [1.29, 1.82) is 0 Å². The SMILES string of the molecule is CCC(C)C1CN(CCc2cccnc2)C(C)CN1. The van der Waals surface area contributed by atoms with Gasteiger partial charge in [0.15, 0.2) is 0 Å². The van der Waals surface area contributed by atoms with Crippen molar-refractivity contribution in [2.24, 2.45) is 5.92 Å². The Bertz CT molecular complexity index is 366. The van der Waals surface area contributed by atoms with E-state index in [-0.39, 0.29) is 0 Å². The van der Waals surface area contributed by atoms with Gasteiger partial charge >= 0.3 is 0 Å². The molecule has 1 aliphatic heterocycles. The molecule has 1 aromatic heterocycles. The molecule has 106 valence electrons. The van der Waals surface area contributed by atoms with Crippen LogP contribution in [0.4, 0.5) is 0 Å². The first kappa shape index (κ1) is 14.5. The van der Waals surface area contributed by atoms with Crippen molar-refractivity contribution in [2.45, 2.75) is 45.7 Å². The van der Waals surface area contributed by atoms with Gasteiger partial charge in [-0.3, -0.25) is 9.88 Å². The van der Waals surface area contributed by atoms with Gasteiger partial charge < -0.3 is 5.32 Å². The second-order valence-electron chi connectivity index (χ2n) is 5.86. The van der Waals surface area contributed by atoms with E-state index >= 15 is 0 Å². The van der Waals surface area contributed by atoms with Gasteiger partial charge in [-0.15, -0.1) is 0 Å². The van der Waals surface area contributed by atoms with Gasteiger partial charge in [-0.1, -0.05) is 26.3 Å². The first-order valence-corrected chi connectivity index (χ1v) is 7.57. The maximum Gasteiger partial charge on any atom is 0.0300 e. The van der Waals surface area contributed by atoms with Crippen molar-refractivity contribution in [3.8, 4) is 0 Å². The van der Waals surface area contributed by atoms with E-state index in [1.807, 2.05) is 18.5 Å². The molecule has 0 radical (unpaired) electrons. The van der Waals surface area contributed by atoms with Gasteiger partial charge in [-0.25, -0.2) is 0 Å². The number of hydrogen-bond acceptors (Lipinski definition) is 3. The van der Waals surface area contributed by atoms with E-state index < -0.39 is 0 Å². The molecule has 3 atom stereocenters. The van der Waals surface area contributed by atoms with Gasteiger partial charge in [0.1, 0.15) is 0 Å². The standard InChI is InChI=1S/C16H27N3/c1-4-13(2)16-12-19(14(3)10-18-16)9-7-15-6-5-8-17-11-15/h5-6,8,11,13-14,16,18H,4,7,9-10,12H2,1-3H3. The average Bonchev–Trinajstić information content (AvgIpc) is 2.46. The van der Waals surface area contributed by atoms with Gasteiger partial charge in [0.2, 0.25) is 0 Å². The number of rotatable bonds is 5. The Hall–Kier alpha value is -0.930. The highest BCUT2D eigenvalue weighted by atomic mass is 15.2. The fraction of sp³-hybridized carbons (Fsp3) is 0.688. The Morgan fingerprint density at radius 1 is 1.53 bits per heavy atom. The molecule has 0 bridgehead atoms. The second-order valence-corrected chi connectivity index (χ2v) is 5.86. The minimum atomic E-state index is 0.636. The predicted octanol–water partition coefficient (Wildman–Crippen LogP) is 2.33. The lowest BCUT2D eigenvalue weighted by Gasteiger charge is -2.41. The molecule has 3 unspecified atom stereocenters. The van der Waals surface area contributed by atoms with E-state index in [0.29, 0.717) is 12.1 Å². The van der Waals surface area contributed by atoms with Gasteiger partial charge in [-0.05, 0) is 30.9 Å². The first-order valence-electron chi connectivity index (χ1n) is 7.57. The van der Waals surface area contributed by atoms with Crippen LogP contribution in [-0.2, 0) is 6.42 Å². The minimum absolute atomic E-state index is 0.636.